The van der Waals surface area contributed by atoms with Crippen molar-refractivity contribution >= 4 is 34.2 Å². The minimum atomic E-state index is -0.440. The summed E-state index contributed by atoms with van der Waals surface area (Å²) in [6.45, 7) is 0. The van der Waals surface area contributed by atoms with E-state index in [9.17, 15) is 9.90 Å². The molecular formula is C16H12N2O2S. The molecule has 104 valence electrons. The first kappa shape index (κ1) is 13.3. The van der Waals surface area contributed by atoms with Crippen LogP contribution in [0.1, 0.15) is 15.9 Å². The number of hydrogen-bond acceptors (Lipinski definition) is 4. The zero-order chi connectivity index (χ0) is 14.7. The highest BCUT2D eigenvalue weighted by Gasteiger charge is 2.11. The van der Waals surface area contributed by atoms with E-state index in [1.807, 2.05) is 41.1 Å². The van der Waals surface area contributed by atoms with Gasteiger partial charge >= 0.3 is 0 Å². The molecule has 1 aromatic heterocycles. The van der Waals surface area contributed by atoms with Crippen LogP contribution in [0.5, 0.6) is 5.75 Å². The van der Waals surface area contributed by atoms with Gasteiger partial charge < -0.3 is 5.11 Å². The quantitative estimate of drug-likeness (QED) is 0.575. The summed E-state index contributed by atoms with van der Waals surface area (Å²) in [5, 5.41) is 19.5. The van der Waals surface area contributed by atoms with Gasteiger partial charge in [-0.3, -0.25) is 4.79 Å². The fraction of sp³-hybridized carbons (Fsp3) is 0. The number of amides is 1. The topological polar surface area (TPSA) is 61.7 Å². The summed E-state index contributed by atoms with van der Waals surface area (Å²) < 4.78 is 0. The van der Waals surface area contributed by atoms with Crippen molar-refractivity contribution in [3.63, 3.8) is 0 Å². The first-order chi connectivity index (χ1) is 10.2. The Morgan fingerprint density at radius 1 is 1.19 bits per heavy atom. The molecule has 2 N–H and O–H groups in total. The van der Waals surface area contributed by atoms with Crippen LogP contribution in [0.25, 0.3) is 10.8 Å². The van der Waals surface area contributed by atoms with Crippen molar-refractivity contribution in [2.75, 3.05) is 0 Å². The second-order valence-electron chi connectivity index (χ2n) is 4.47. The molecule has 21 heavy (non-hydrogen) atoms. The van der Waals surface area contributed by atoms with E-state index in [1.165, 1.54) is 0 Å². The number of carbonyl (C=O) groups is 1. The number of nitrogens with one attached hydrogen (secondary N) is 1. The van der Waals surface area contributed by atoms with Gasteiger partial charge in [0, 0.05) is 5.56 Å². The van der Waals surface area contributed by atoms with Gasteiger partial charge in [-0.15, -0.1) is 0 Å². The molecule has 0 aliphatic rings. The molecule has 0 aliphatic heterocycles. The van der Waals surface area contributed by atoms with Crippen LogP contribution < -0.4 is 5.43 Å². The van der Waals surface area contributed by atoms with Gasteiger partial charge in [-0.1, -0.05) is 24.3 Å². The lowest BCUT2D eigenvalue weighted by atomic mass is 10.1. The average Bonchev–Trinajstić information content (AvgIpc) is 2.99. The number of benzene rings is 2. The Labute approximate surface area is 125 Å². The number of nitrogens with zero attached hydrogens (tertiary/aromatic N) is 1. The molecule has 1 amide bonds. The molecule has 0 atom stereocenters. The maximum Gasteiger partial charge on any atom is 0.275 e. The Balaban J connectivity index is 1.82. The third-order valence-corrected chi connectivity index (χ3v) is 3.73. The predicted molar refractivity (Wildman–Crippen MR) is 85.0 cm³/mol. The van der Waals surface area contributed by atoms with Crippen LogP contribution >= 0.6 is 11.3 Å². The minimum absolute atomic E-state index is 0.0584. The molecule has 4 nitrogen and oxygen atoms in total. The van der Waals surface area contributed by atoms with E-state index in [1.54, 1.807) is 29.7 Å². The fourth-order valence-electron chi connectivity index (χ4n) is 1.98. The van der Waals surface area contributed by atoms with Crippen LogP contribution in [-0.4, -0.2) is 17.2 Å². The highest BCUT2D eigenvalue weighted by atomic mass is 32.1. The van der Waals surface area contributed by atoms with Crippen LogP contribution in [0, 0.1) is 0 Å². The first-order valence-corrected chi connectivity index (χ1v) is 7.26. The molecular weight excluding hydrogens is 284 g/mol. The van der Waals surface area contributed by atoms with E-state index >= 15 is 0 Å². The molecule has 0 radical (unpaired) electrons. The predicted octanol–water partition coefficient (Wildman–Crippen LogP) is 3.37. The van der Waals surface area contributed by atoms with Gasteiger partial charge in [-0.05, 0) is 39.7 Å². The molecule has 0 saturated carbocycles. The van der Waals surface area contributed by atoms with Gasteiger partial charge in [0.2, 0.25) is 0 Å². The molecule has 5 heteroatoms. The second kappa shape index (κ2) is 5.76. The number of aromatic hydroxyl groups is 1. The van der Waals surface area contributed by atoms with Gasteiger partial charge in [0.15, 0.2) is 0 Å². The zero-order valence-electron chi connectivity index (χ0n) is 11.0. The van der Waals surface area contributed by atoms with Crippen molar-refractivity contribution in [2.24, 2.45) is 5.10 Å². The Hall–Kier alpha value is -2.66. The summed E-state index contributed by atoms with van der Waals surface area (Å²) in [6.07, 6.45) is 1.56. The monoisotopic (exact) mass is 296 g/mol. The number of phenols is 1. The molecule has 0 aliphatic carbocycles. The average molecular weight is 296 g/mol. The van der Waals surface area contributed by atoms with E-state index in [0.29, 0.717) is 0 Å². The molecule has 0 fully saturated rings. The second-order valence-corrected chi connectivity index (χ2v) is 5.25. The Kier molecular flexibility index (Phi) is 3.66. The molecule has 0 bridgehead atoms. The number of phenolic OH excluding ortho intramolecular Hbond substituents is 1. The minimum Gasteiger partial charge on any atom is -0.507 e. The Bertz CT molecular complexity index is 810. The van der Waals surface area contributed by atoms with Crippen LogP contribution in [0.3, 0.4) is 0 Å². The molecule has 2 aromatic carbocycles. The molecule has 0 spiro atoms. The normalized spacial score (nSPS) is 11.0. The SMILES string of the molecule is O=C(N/N=C\c1ccsc1)c1cc2ccccc2cc1O. The van der Waals surface area contributed by atoms with Crippen LogP contribution in [0.4, 0.5) is 0 Å². The van der Waals surface area contributed by atoms with Crippen molar-refractivity contribution < 1.29 is 9.90 Å². The number of fused-ring (bicyclic) bond motifs is 1. The number of rotatable bonds is 3. The summed E-state index contributed by atoms with van der Waals surface area (Å²) in [5.41, 5.74) is 3.54. The number of carbonyl (C=O) groups excluding carboxylic acids is 1. The number of hydrazone groups is 1. The maximum atomic E-state index is 12.1. The van der Waals surface area contributed by atoms with E-state index in [4.69, 9.17) is 0 Å². The van der Waals surface area contributed by atoms with Crippen molar-refractivity contribution in [1.29, 1.82) is 0 Å². The van der Waals surface area contributed by atoms with E-state index in [2.05, 4.69) is 10.5 Å². The summed E-state index contributed by atoms with van der Waals surface area (Å²) in [7, 11) is 0. The van der Waals surface area contributed by atoms with Crippen LogP contribution in [0.2, 0.25) is 0 Å². The Morgan fingerprint density at radius 3 is 2.67 bits per heavy atom. The Morgan fingerprint density at radius 2 is 1.95 bits per heavy atom. The summed E-state index contributed by atoms with van der Waals surface area (Å²) in [6, 6.07) is 12.7. The lowest BCUT2D eigenvalue weighted by molar-refractivity contribution is 0.0952. The van der Waals surface area contributed by atoms with E-state index in [-0.39, 0.29) is 11.3 Å². The standard InChI is InChI=1S/C16H12N2O2S/c19-15-8-13-4-2-1-3-12(13)7-14(15)16(20)18-17-9-11-5-6-21-10-11/h1-10,19H,(H,18,20)/b17-9-. The highest BCUT2D eigenvalue weighted by molar-refractivity contribution is 7.08. The van der Waals surface area contributed by atoms with Gasteiger partial charge in [0.05, 0.1) is 11.8 Å². The summed E-state index contributed by atoms with van der Waals surface area (Å²) in [4.78, 5) is 12.1. The number of hydrogen-bond donors (Lipinski definition) is 2. The first-order valence-electron chi connectivity index (χ1n) is 6.31. The lowest BCUT2D eigenvalue weighted by Crippen LogP contribution is -2.17. The third-order valence-electron chi connectivity index (χ3n) is 3.03. The maximum absolute atomic E-state index is 12.1. The molecule has 0 saturated heterocycles. The van der Waals surface area contributed by atoms with Crippen LogP contribution in [0.15, 0.2) is 58.3 Å². The third kappa shape index (κ3) is 2.93. The molecule has 0 unspecified atom stereocenters. The van der Waals surface area contributed by atoms with Crippen LogP contribution in [-0.2, 0) is 0 Å². The van der Waals surface area contributed by atoms with Crippen molar-refractivity contribution in [3.05, 3.63) is 64.4 Å². The summed E-state index contributed by atoms with van der Waals surface area (Å²) in [5.74, 6) is -0.498. The van der Waals surface area contributed by atoms with Gasteiger partial charge in [0.1, 0.15) is 5.75 Å². The van der Waals surface area contributed by atoms with Crippen molar-refractivity contribution in [2.45, 2.75) is 0 Å². The summed E-state index contributed by atoms with van der Waals surface area (Å²) >= 11 is 1.55. The van der Waals surface area contributed by atoms with Gasteiger partial charge in [-0.25, -0.2) is 5.43 Å². The van der Waals surface area contributed by atoms with Gasteiger partial charge in [-0.2, -0.15) is 16.4 Å². The number of thiophene rings is 1. The molecule has 1 heterocycles. The highest BCUT2D eigenvalue weighted by Crippen LogP contribution is 2.24. The smallest absolute Gasteiger partial charge is 0.275 e. The zero-order valence-corrected chi connectivity index (χ0v) is 11.8. The van der Waals surface area contributed by atoms with Crippen molar-refractivity contribution in [3.8, 4) is 5.75 Å². The largest absolute Gasteiger partial charge is 0.507 e. The van der Waals surface area contributed by atoms with Gasteiger partial charge in [0.25, 0.3) is 5.91 Å². The van der Waals surface area contributed by atoms with E-state index in [0.717, 1.165) is 16.3 Å². The fourth-order valence-corrected chi connectivity index (χ4v) is 2.60. The van der Waals surface area contributed by atoms with Crippen molar-refractivity contribution in [1.82, 2.24) is 5.43 Å². The lowest BCUT2D eigenvalue weighted by Gasteiger charge is -2.05. The molecule has 3 aromatic rings. The van der Waals surface area contributed by atoms with E-state index < -0.39 is 5.91 Å². The molecule has 3 rings (SSSR count).